The molecule has 0 saturated heterocycles. The molecular formula is C21H29F3N4OS. The normalized spacial score (nSPS) is 12.8. The number of halogens is 3. The first-order valence-electron chi connectivity index (χ1n) is 9.76. The standard InChI is InChI=1S/C21H29F3N4OS/c1-5-25-19(27-11-18-28-17(13-30-18)20(2,3)4)26-10-15-6-8-16(9-7-15)12-29-14-21(22,23)24/h6-9,13H,5,10-12,14H2,1-4H3,(H2,25,26,27). The lowest BCUT2D eigenvalue weighted by molar-refractivity contribution is -0.176. The summed E-state index contributed by atoms with van der Waals surface area (Å²) in [7, 11) is 0. The largest absolute Gasteiger partial charge is 0.411 e. The van der Waals surface area contributed by atoms with Crippen LogP contribution < -0.4 is 10.6 Å². The molecule has 0 atom stereocenters. The summed E-state index contributed by atoms with van der Waals surface area (Å²) in [5, 5.41) is 9.57. The maximum Gasteiger partial charge on any atom is 0.411 e. The van der Waals surface area contributed by atoms with Gasteiger partial charge >= 0.3 is 6.18 Å². The number of rotatable bonds is 8. The van der Waals surface area contributed by atoms with Crippen molar-refractivity contribution < 1.29 is 17.9 Å². The Morgan fingerprint density at radius 1 is 1.10 bits per heavy atom. The van der Waals surface area contributed by atoms with E-state index in [1.165, 1.54) is 0 Å². The van der Waals surface area contributed by atoms with Crippen LogP contribution in [0, 0.1) is 0 Å². The SMILES string of the molecule is CCNC(=NCc1ccc(COCC(F)(F)F)cc1)NCc1nc(C(C)(C)C)cs1. The minimum absolute atomic E-state index is 0.0251. The third-order valence-corrected chi connectivity index (χ3v) is 4.90. The Morgan fingerprint density at radius 2 is 1.77 bits per heavy atom. The number of guanidine groups is 1. The van der Waals surface area contributed by atoms with E-state index in [0.29, 0.717) is 24.6 Å². The molecule has 0 bridgehead atoms. The molecule has 30 heavy (non-hydrogen) atoms. The lowest BCUT2D eigenvalue weighted by Crippen LogP contribution is -2.36. The molecule has 1 aromatic heterocycles. The van der Waals surface area contributed by atoms with Crippen molar-refractivity contribution in [2.24, 2.45) is 4.99 Å². The van der Waals surface area contributed by atoms with E-state index in [1.807, 2.05) is 19.1 Å². The van der Waals surface area contributed by atoms with Crippen LogP contribution in [0.15, 0.2) is 34.6 Å². The number of thiazole rings is 1. The number of ether oxygens (including phenoxy) is 1. The summed E-state index contributed by atoms with van der Waals surface area (Å²) in [4.78, 5) is 9.24. The molecule has 2 N–H and O–H groups in total. The third-order valence-electron chi connectivity index (χ3n) is 4.05. The fourth-order valence-electron chi connectivity index (χ4n) is 2.43. The van der Waals surface area contributed by atoms with Crippen LogP contribution in [0.4, 0.5) is 13.2 Å². The van der Waals surface area contributed by atoms with Gasteiger partial charge in [-0.3, -0.25) is 0 Å². The highest BCUT2D eigenvalue weighted by molar-refractivity contribution is 7.09. The van der Waals surface area contributed by atoms with Crippen molar-refractivity contribution in [3.05, 3.63) is 51.5 Å². The van der Waals surface area contributed by atoms with Crippen LogP contribution in [0.2, 0.25) is 0 Å². The van der Waals surface area contributed by atoms with Crippen LogP contribution >= 0.6 is 11.3 Å². The zero-order valence-electron chi connectivity index (χ0n) is 17.8. The summed E-state index contributed by atoms with van der Waals surface area (Å²) in [6.45, 7) is 8.85. The summed E-state index contributed by atoms with van der Waals surface area (Å²) in [6, 6.07) is 7.20. The van der Waals surface area contributed by atoms with E-state index in [-0.39, 0.29) is 12.0 Å². The smallest absolute Gasteiger partial charge is 0.367 e. The number of aliphatic imine (C=N–C) groups is 1. The lowest BCUT2D eigenvalue weighted by atomic mass is 9.93. The van der Waals surface area contributed by atoms with Crippen LogP contribution in [-0.2, 0) is 29.8 Å². The van der Waals surface area contributed by atoms with Crippen molar-refractivity contribution in [2.75, 3.05) is 13.2 Å². The molecule has 0 unspecified atom stereocenters. The highest BCUT2D eigenvalue weighted by Gasteiger charge is 2.27. The Hall–Kier alpha value is -2.13. The molecule has 166 valence electrons. The van der Waals surface area contributed by atoms with Gasteiger partial charge in [-0.15, -0.1) is 11.3 Å². The Morgan fingerprint density at radius 3 is 2.33 bits per heavy atom. The maximum absolute atomic E-state index is 12.1. The van der Waals surface area contributed by atoms with E-state index >= 15 is 0 Å². The van der Waals surface area contributed by atoms with Crippen molar-refractivity contribution >= 4 is 17.3 Å². The average molecular weight is 443 g/mol. The van der Waals surface area contributed by atoms with Gasteiger partial charge in [0.25, 0.3) is 0 Å². The predicted octanol–water partition coefficient (Wildman–Crippen LogP) is 4.77. The van der Waals surface area contributed by atoms with Crippen molar-refractivity contribution in [2.45, 2.75) is 59.0 Å². The van der Waals surface area contributed by atoms with Gasteiger partial charge in [0.2, 0.25) is 0 Å². The van der Waals surface area contributed by atoms with Gasteiger partial charge < -0.3 is 15.4 Å². The fraction of sp³-hybridized carbons (Fsp3) is 0.524. The number of hydrogen-bond donors (Lipinski definition) is 2. The van der Waals surface area contributed by atoms with Gasteiger partial charge in [0.15, 0.2) is 5.96 Å². The minimum Gasteiger partial charge on any atom is -0.367 e. The lowest BCUT2D eigenvalue weighted by Gasteiger charge is -2.14. The molecule has 0 aliphatic carbocycles. The molecule has 0 spiro atoms. The van der Waals surface area contributed by atoms with Gasteiger partial charge in [0, 0.05) is 17.3 Å². The maximum atomic E-state index is 12.1. The number of nitrogens with one attached hydrogen (secondary N) is 2. The fourth-order valence-corrected chi connectivity index (χ4v) is 3.39. The number of aromatic nitrogens is 1. The van der Waals surface area contributed by atoms with Gasteiger partial charge in [0.1, 0.15) is 11.6 Å². The van der Waals surface area contributed by atoms with Gasteiger partial charge in [-0.25, -0.2) is 9.98 Å². The highest BCUT2D eigenvalue weighted by Crippen LogP contribution is 2.23. The number of nitrogens with zero attached hydrogens (tertiary/aromatic N) is 2. The number of hydrogen-bond acceptors (Lipinski definition) is 4. The first-order valence-corrected chi connectivity index (χ1v) is 10.6. The summed E-state index contributed by atoms with van der Waals surface area (Å²) in [6.07, 6.45) is -4.31. The molecule has 2 rings (SSSR count). The van der Waals surface area contributed by atoms with Crippen molar-refractivity contribution in [3.63, 3.8) is 0 Å². The highest BCUT2D eigenvalue weighted by atomic mass is 32.1. The van der Waals surface area contributed by atoms with Crippen molar-refractivity contribution in [1.82, 2.24) is 15.6 Å². The molecular weight excluding hydrogens is 413 g/mol. The molecule has 0 amide bonds. The average Bonchev–Trinajstić information content (AvgIpc) is 3.13. The van der Waals surface area contributed by atoms with Crippen molar-refractivity contribution in [1.29, 1.82) is 0 Å². The Labute approximate surface area is 179 Å². The topological polar surface area (TPSA) is 58.5 Å². The molecule has 0 radical (unpaired) electrons. The van der Waals surface area contributed by atoms with E-state index in [0.717, 1.165) is 22.8 Å². The molecule has 0 fully saturated rings. The summed E-state index contributed by atoms with van der Waals surface area (Å²) >= 11 is 1.62. The van der Waals surface area contributed by atoms with Gasteiger partial charge in [0.05, 0.1) is 25.4 Å². The first-order chi connectivity index (χ1) is 14.1. The Kier molecular flexibility index (Phi) is 8.66. The number of benzene rings is 1. The summed E-state index contributed by atoms with van der Waals surface area (Å²) < 4.78 is 41.1. The summed E-state index contributed by atoms with van der Waals surface area (Å²) in [5.41, 5.74) is 2.74. The Balaban J connectivity index is 1.88. The molecule has 1 heterocycles. The van der Waals surface area contributed by atoms with Gasteiger partial charge in [-0.2, -0.15) is 13.2 Å². The van der Waals surface area contributed by atoms with E-state index in [9.17, 15) is 13.2 Å². The zero-order valence-corrected chi connectivity index (χ0v) is 18.6. The molecule has 5 nitrogen and oxygen atoms in total. The van der Waals surface area contributed by atoms with Crippen LogP contribution in [0.25, 0.3) is 0 Å². The third kappa shape index (κ3) is 8.71. The zero-order chi connectivity index (χ0) is 22.2. The predicted molar refractivity (Wildman–Crippen MR) is 115 cm³/mol. The monoisotopic (exact) mass is 442 g/mol. The van der Waals surface area contributed by atoms with Crippen LogP contribution in [0.5, 0.6) is 0 Å². The Bertz CT molecular complexity index is 811. The van der Waals surface area contributed by atoms with E-state index in [2.05, 4.69) is 51.5 Å². The van der Waals surface area contributed by atoms with E-state index in [4.69, 9.17) is 0 Å². The molecule has 0 saturated carbocycles. The minimum atomic E-state index is -4.31. The van der Waals surface area contributed by atoms with Gasteiger partial charge in [-0.05, 0) is 18.1 Å². The molecule has 2 aromatic rings. The van der Waals surface area contributed by atoms with Crippen LogP contribution in [0.3, 0.4) is 0 Å². The van der Waals surface area contributed by atoms with Crippen LogP contribution in [0.1, 0.15) is 49.5 Å². The molecule has 1 aromatic carbocycles. The second kappa shape index (κ2) is 10.8. The number of alkyl halides is 3. The second-order valence-electron chi connectivity index (χ2n) is 7.85. The van der Waals surface area contributed by atoms with Crippen LogP contribution in [-0.4, -0.2) is 30.3 Å². The summed E-state index contributed by atoms with van der Waals surface area (Å²) in [5.74, 6) is 0.683. The van der Waals surface area contributed by atoms with E-state index < -0.39 is 12.8 Å². The quantitative estimate of drug-likeness (QED) is 0.457. The molecule has 0 aliphatic heterocycles. The molecule has 0 aliphatic rings. The molecule has 9 heteroatoms. The second-order valence-corrected chi connectivity index (χ2v) is 8.79. The van der Waals surface area contributed by atoms with Crippen molar-refractivity contribution in [3.8, 4) is 0 Å². The first kappa shape index (κ1) is 24.1. The van der Waals surface area contributed by atoms with Gasteiger partial charge in [-0.1, -0.05) is 45.0 Å². The van der Waals surface area contributed by atoms with E-state index in [1.54, 1.807) is 23.5 Å².